The summed E-state index contributed by atoms with van der Waals surface area (Å²) in [5.41, 5.74) is 0. The molecule has 0 aromatic carbocycles. The molecular weight excluding hydrogens is 397 g/mol. The van der Waals surface area contributed by atoms with E-state index in [-0.39, 0.29) is 29.9 Å². The Balaban J connectivity index is 0.00000242. The molecule has 1 aliphatic rings. The first-order valence-electron chi connectivity index (χ1n) is 7.57. The first-order chi connectivity index (χ1) is 10.2. The fourth-order valence-corrected chi connectivity index (χ4v) is 2.13. The number of hydrogen-bond donors (Lipinski definition) is 2. The van der Waals surface area contributed by atoms with Crippen LogP contribution in [-0.2, 0) is 11.2 Å². The van der Waals surface area contributed by atoms with E-state index in [2.05, 4.69) is 25.8 Å². The third kappa shape index (κ3) is 6.07. The van der Waals surface area contributed by atoms with Crippen LogP contribution in [0, 0.1) is 0 Å². The van der Waals surface area contributed by atoms with Gasteiger partial charge in [0.25, 0.3) is 0 Å². The molecule has 0 amide bonds. The Morgan fingerprint density at radius 2 is 2.23 bits per heavy atom. The van der Waals surface area contributed by atoms with Gasteiger partial charge in [-0.25, -0.2) is 0 Å². The van der Waals surface area contributed by atoms with Gasteiger partial charge in [0, 0.05) is 39.1 Å². The monoisotopic (exact) mass is 423 g/mol. The van der Waals surface area contributed by atoms with Gasteiger partial charge in [0.2, 0.25) is 5.89 Å². The van der Waals surface area contributed by atoms with Crippen LogP contribution in [0.4, 0.5) is 0 Å². The molecule has 7 nitrogen and oxygen atoms in total. The zero-order valence-corrected chi connectivity index (χ0v) is 15.8. The average Bonchev–Trinajstić information content (AvgIpc) is 3.13. The molecule has 0 bridgehead atoms. The second-order valence-corrected chi connectivity index (χ2v) is 5.47. The maximum absolute atomic E-state index is 5.57. The van der Waals surface area contributed by atoms with Crippen molar-refractivity contribution >= 4 is 29.9 Å². The molecule has 2 heterocycles. The van der Waals surface area contributed by atoms with Gasteiger partial charge in [-0.3, -0.25) is 4.99 Å². The van der Waals surface area contributed by atoms with Gasteiger partial charge in [0.1, 0.15) is 0 Å². The second-order valence-electron chi connectivity index (χ2n) is 5.47. The van der Waals surface area contributed by atoms with Crippen LogP contribution in [0.25, 0.3) is 0 Å². The SMILES string of the molecule is CN=C(NCCc1nc(C(C)C)no1)NCC1CCCO1.I. The molecule has 1 aromatic heterocycles. The van der Waals surface area contributed by atoms with E-state index in [4.69, 9.17) is 9.26 Å². The van der Waals surface area contributed by atoms with Crippen molar-refractivity contribution in [1.29, 1.82) is 0 Å². The van der Waals surface area contributed by atoms with E-state index in [0.29, 0.717) is 25.0 Å². The summed E-state index contributed by atoms with van der Waals surface area (Å²) in [5, 5.41) is 10.5. The fourth-order valence-electron chi connectivity index (χ4n) is 2.13. The van der Waals surface area contributed by atoms with Crippen molar-refractivity contribution in [2.75, 3.05) is 26.7 Å². The van der Waals surface area contributed by atoms with Crippen molar-refractivity contribution in [3.8, 4) is 0 Å². The minimum absolute atomic E-state index is 0. The highest BCUT2D eigenvalue weighted by atomic mass is 127. The topological polar surface area (TPSA) is 84.6 Å². The highest BCUT2D eigenvalue weighted by Crippen LogP contribution is 2.10. The van der Waals surface area contributed by atoms with Crippen LogP contribution in [0.3, 0.4) is 0 Å². The largest absolute Gasteiger partial charge is 0.376 e. The number of rotatable bonds is 6. The zero-order valence-electron chi connectivity index (χ0n) is 13.5. The Morgan fingerprint density at radius 3 is 2.82 bits per heavy atom. The first kappa shape index (κ1) is 19.1. The lowest BCUT2D eigenvalue weighted by Gasteiger charge is -2.14. The number of ether oxygens (including phenoxy) is 1. The Hall–Kier alpha value is -0.900. The molecule has 2 rings (SSSR count). The van der Waals surface area contributed by atoms with Crippen LogP contribution >= 0.6 is 24.0 Å². The number of aliphatic imine (C=N–C) groups is 1. The predicted molar refractivity (Wildman–Crippen MR) is 95.8 cm³/mol. The van der Waals surface area contributed by atoms with Gasteiger partial charge < -0.3 is 19.9 Å². The molecule has 8 heteroatoms. The van der Waals surface area contributed by atoms with Crippen molar-refractivity contribution in [3.63, 3.8) is 0 Å². The third-order valence-corrected chi connectivity index (χ3v) is 3.38. The zero-order chi connectivity index (χ0) is 15.1. The number of nitrogens with one attached hydrogen (secondary N) is 2. The molecule has 0 saturated carbocycles. The molecule has 126 valence electrons. The molecule has 2 N–H and O–H groups in total. The lowest BCUT2D eigenvalue weighted by atomic mass is 10.2. The number of nitrogens with zero attached hydrogens (tertiary/aromatic N) is 3. The van der Waals surface area contributed by atoms with Gasteiger partial charge in [0.15, 0.2) is 11.8 Å². The predicted octanol–water partition coefficient (Wildman–Crippen LogP) is 1.70. The van der Waals surface area contributed by atoms with Crippen molar-refractivity contribution < 1.29 is 9.26 Å². The molecule has 1 unspecified atom stereocenters. The second kappa shape index (κ2) is 9.98. The first-order valence-corrected chi connectivity index (χ1v) is 7.57. The van der Waals surface area contributed by atoms with E-state index < -0.39 is 0 Å². The summed E-state index contributed by atoms with van der Waals surface area (Å²) in [7, 11) is 1.76. The number of hydrogen-bond acceptors (Lipinski definition) is 5. The lowest BCUT2D eigenvalue weighted by Crippen LogP contribution is -2.41. The summed E-state index contributed by atoms with van der Waals surface area (Å²) in [6.45, 7) is 6.45. The summed E-state index contributed by atoms with van der Waals surface area (Å²) in [5.74, 6) is 2.47. The number of halogens is 1. The smallest absolute Gasteiger partial charge is 0.228 e. The maximum atomic E-state index is 5.57. The highest BCUT2D eigenvalue weighted by Gasteiger charge is 2.15. The summed E-state index contributed by atoms with van der Waals surface area (Å²) in [4.78, 5) is 8.53. The normalized spacial score (nSPS) is 18.4. The minimum atomic E-state index is 0. The van der Waals surface area contributed by atoms with Crippen molar-refractivity contribution in [3.05, 3.63) is 11.7 Å². The quantitative estimate of drug-likeness (QED) is 0.412. The summed E-state index contributed by atoms with van der Waals surface area (Å²) < 4.78 is 10.8. The van der Waals surface area contributed by atoms with Crippen LogP contribution in [0.15, 0.2) is 9.52 Å². The molecule has 1 fully saturated rings. The van der Waals surface area contributed by atoms with E-state index in [9.17, 15) is 0 Å². The average molecular weight is 423 g/mol. The number of guanidine groups is 1. The molecule has 1 atom stereocenters. The van der Waals surface area contributed by atoms with Crippen molar-refractivity contribution in [2.24, 2.45) is 4.99 Å². The van der Waals surface area contributed by atoms with Gasteiger partial charge in [-0.1, -0.05) is 19.0 Å². The van der Waals surface area contributed by atoms with Gasteiger partial charge in [-0.2, -0.15) is 4.98 Å². The lowest BCUT2D eigenvalue weighted by molar-refractivity contribution is 0.114. The van der Waals surface area contributed by atoms with Gasteiger partial charge >= 0.3 is 0 Å². The van der Waals surface area contributed by atoms with E-state index in [0.717, 1.165) is 37.8 Å². The Bertz CT molecular complexity index is 458. The molecule has 1 aromatic rings. The van der Waals surface area contributed by atoms with Gasteiger partial charge in [0.05, 0.1) is 6.10 Å². The third-order valence-electron chi connectivity index (χ3n) is 3.38. The fraction of sp³-hybridized carbons (Fsp3) is 0.786. The Kier molecular flexibility index (Phi) is 8.69. The van der Waals surface area contributed by atoms with Gasteiger partial charge in [-0.05, 0) is 12.8 Å². The molecule has 0 aliphatic carbocycles. The maximum Gasteiger partial charge on any atom is 0.228 e. The number of aromatic nitrogens is 2. The van der Waals surface area contributed by atoms with Crippen LogP contribution in [0.1, 0.15) is 44.3 Å². The highest BCUT2D eigenvalue weighted by molar-refractivity contribution is 14.0. The summed E-state index contributed by atoms with van der Waals surface area (Å²) >= 11 is 0. The van der Waals surface area contributed by atoms with E-state index in [1.807, 2.05) is 13.8 Å². The van der Waals surface area contributed by atoms with Crippen molar-refractivity contribution in [1.82, 2.24) is 20.8 Å². The molecule has 1 saturated heterocycles. The molecule has 0 radical (unpaired) electrons. The van der Waals surface area contributed by atoms with Crippen LogP contribution in [0.2, 0.25) is 0 Å². The Labute approximate surface area is 148 Å². The van der Waals surface area contributed by atoms with E-state index in [1.165, 1.54) is 0 Å². The van der Waals surface area contributed by atoms with Crippen LogP contribution in [-0.4, -0.2) is 48.9 Å². The summed E-state index contributed by atoms with van der Waals surface area (Å²) in [6, 6.07) is 0. The van der Waals surface area contributed by atoms with E-state index in [1.54, 1.807) is 7.05 Å². The van der Waals surface area contributed by atoms with Crippen LogP contribution < -0.4 is 10.6 Å². The van der Waals surface area contributed by atoms with Gasteiger partial charge in [-0.15, -0.1) is 24.0 Å². The molecule has 22 heavy (non-hydrogen) atoms. The van der Waals surface area contributed by atoms with Crippen LogP contribution in [0.5, 0.6) is 0 Å². The summed E-state index contributed by atoms with van der Waals surface area (Å²) in [6.07, 6.45) is 3.24. The standard InChI is InChI=1S/C14H25N5O2.HI/c1-10(2)13-18-12(21-19-13)6-7-16-14(15-3)17-9-11-5-4-8-20-11;/h10-11H,4-9H2,1-3H3,(H2,15,16,17);1H. The Morgan fingerprint density at radius 1 is 1.41 bits per heavy atom. The van der Waals surface area contributed by atoms with Crippen molar-refractivity contribution in [2.45, 2.75) is 45.1 Å². The molecular formula is C14H26IN5O2. The molecule has 1 aliphatic heterocycles. The minimum Gasteiger partial charge on any atom is -0.376 e. The van der Waals surface area contributed by atoms with E-state index >= 15 is 0 Å². The molecule has 0 spiro atoms.